The molecule has 0 N–H and O–H groups in total. The number of rotatable bonds is 9. The average Bonchev–Trinajstić information content (AvgIpc) is 3.28. The topological polar surface area (TPSA) is 52.6 Å². The molecule has 0 aliphatic carbocycles. The lowest BCUT2D eigenvalue weighted by Crippen LogP contribution is -2.04. The number of hydrogen-bond acceptors (Lipinski definition) is 5. The van der Waals surface area contributed by atoms with Crippen LogP contribution in [0.5, 0.6) is 5.75 Å². The number of unbranched alkanes of at least 4 members (excludes halogenated alkanes) is 2. The fourth-order valence-electron chi connectivity index (χ4n) is 3.19. The first-order chi connectivity index (χ1) is 14.0. The van der Waals surface area contributed by atoms with E-state index in [0.717, 1.165) is 18.8 Å². The summed E-state index contributed by atoms with van der Waals surface area (Å²) in [4.78, 5) is 0. The number of halogens is 1. The van der Waals surface area contributed by atoms with E-state index in [0.29, 0.717) is 18.8 Å². The molecule has 162 valence electrons. The lowest BCUT2D eigenvalue weighted by molar-refractivity contribution is 0.00290. The number of hydrogen-bond donors (Lipinski definition) is 0. The summed E-state index contributed by atoms with van der Waals surface area (Å²) in [5.41, 5.74) is 1.42. The summed E-state index contributed by atoms with van der Waals surface area (Å²) in [6.45, 7) is 4.85. The fraction of sp³-hybridized carbons (Fsp3) is 0.545. The Morgan fingerprint density at radius 3 is 2.52 bits per heavy atom. The van der Waals surface area contributed by atoms with Crippen molar-refractivity contribution >= 4 is 32.7 Å². The van der Waals surface area contributed by atoms with Crippen LogP contribution in [0.3, 0.4) is 0 Å². The number of benzene rings is 2. The van der Waals surface area contributed by atoms with Gasteiger partial charge in [-0.15, -0.1) is 0 Å². The van der Waals surface area contributed by atoms with Crippen LogP contribution in [-0.2, 0) is 14.5 Å². The van der Waals surface area contributed by atoms with Crippen molar-refractivity contribution in [2.75, 3.05) is 23.9 Å². The summed E-state index contributed by atoms with van der Waals surface area (Å²) in [5, 5.41) is 2.56. The van der Waals surface area contributed by atoms with Crippen LogP contribution in [0.1, 0.15) is 57.4 Å². The van der Waals surface area contributed by atoms with Crippen molar-refractivity contribution in [3.8, 4) is 5.75 Å². The SMILES string of the molecule is CCCCOc1c(C2CCSC2)ccc2ccccc12.CCCCS(=O)(=O)OF. The lowest BCUT2D eigenvalue weighted by Gasteiger charge is -2.18. The Kier molecular flexibility index (Phi) is 10.2. The molecule has 2 aromatic rings. The van der Waals surface area contributed by atoms with Crippen molar-refractivity contribution < 1.29 is 22.1 Å². The van der Waals surface area contributed by atoms with Gasteiger partial charge in [0.25, 0.3) is 10.1 Å². The number of thioether (sulfide) groups is 1. The number of fused-ring (bicyclic) bond motifs is 1. The maximum Gasteiger partial charge on any atom is 0.297 e. The minimum absolute atomic E-state index is 0.236. The predicted octanol–water partition coefficient (Wildman–Crippen LogP) is 6.26. The second-order valence-corrected chi connectivity index (χ2v) is 9.95. The second-order valence-electron chi connectivity index (χ2n) is 7.15. The minimum Gasteiger partial charge on any atom is -0.493 e. The van der Waals surface area contributed by atoms with E-state index < -0.39 is 10.1 Å². The van der Waals surface area contributed by atoms with Crippen LogP contribution in [-0.4, -0.2) is 32.3 Å². The number of ether oxygens (including phenoxy) is 1. The Labute approximate surface area is 178 Å². The summed E-state index contributed by atoms with van der Waals surface area (Å²) in [6, 6.07) is 13.1. The molecule has 0 spiro atoms. The van der Waals surface area contributed by atoms with Gasteiger partial charge in [0.15, 0.2) is 0 Å². The molecule has 1 fully saturated rings. The predicted molar refractivity (Wildman–Crippen MR) is 120 cm³/mol. The van der Waals surface area contributed by atoms with Crippen molar-refractivity contribution in [2.45, 2.75) is 51.9 Å². The van der Waals surface area contributed by atoms with E-state index in [4.69, 9.17) is 4.74 Å². The Morgan fingerprint density at radius 1 is 1.10 bits per heavy atom. The van der Waals surface area contributed by atoms with Gasteiger partial charge in [-0.2, -0.15) is 20.2 Å². The average molecular weight is 443 g/mol. The molecular weight excluding hydrogens is 411 g/mol. The molecule has 7 heteroatoms. The van der Waals surface area contributed by atoms with Crippen molar-refractivity contribution in [3.63, 3.8) is 0 Å². The first-order valence-electron chi connectivity index (χ1n) is 10.3. The van der Waals surface area contributed by atoms with Gasteiger partial charge in [-0.25, -0.2) is 0 Å². The van der Waals surface area contributed by atoms with Crippen LogP contribution in [0.2, 0.25) is 0 Å². The van der Waals surface area contributed by atoms with E-state index in [1.807, 2.05) is 6.92 Å². The molecule has 0 radical (unpaired) electrons. The van der Waals surface area contributed by atoms with Crippen molar-refractivity contribution in [1.29, 1.82) is 0 Å². The monoisotopic (exact) mass is 442 g/mol. The quantitative estimate of drug-likeness (QED) is 0.429. The fourth-order valence-corrected chi connectivity index (χ4v) is 5.15. The molecule has 3 rings (SSSR count). The van der Waals surface area contributed by atoms with Gasteiger partial charge in [-0.05, 0) is 46.4 Å². The van der Waals surface area contributed by atoms with E-state index in [2.05, 4.69) is 59.5 Å². The Balaban J connectivity index is 0.000000284. The van der Waals surface area contributed by atoms with Gasteiger partial charge in [0.05, 0.1) is 12.4 Å². The Morgan fingerprint density at radius 2 is 1.86 bits per heavy atom. The van der Waals surface area contributed by atoms with Gasteiger partial charge in [-0.1, -0.05) is 67.5 Å². The molecule has 4 nitrogen and oxygen atoms in total. The molecule has 1 saturated heterocycles. The molecule has 0 saturated carbocycles. The zero-order valence-corrected chi connectivity index (χ0v) is 18.9. The van der Waals surface area contributed by atoms with Crippen molar-refractivity contribution in [1.82, 2.24) is 0 Å². The molecule has 29 heavy (non-hydrogen) atoms. The molecule has 0 bridgehead atoms. The molecule has 1 aliphatic rings. The van der Waals surface area contributed by atoms with E-state index in [-0.39, 0.29) is 5.75 Å². The Hall–Kier alpha value is -1.31. The highest BCUT2D eigenvalue weighted by Gasteiger charge is 2.22. The third kappa shape index (κ3) is 7.46. The van der Waals surface area contributed by atoms with E-state index in [1.165, 1.54) is 40.7 Å². The Bertz CT molecular complexity index is 849. The van der Waals surface area contributed by atoms with Gasteiger partial charge in [-0.3, -0.25) is 0 Å². The maximum absolute atomic E-state index is 11.0. The highest BCUT2D eigenvalue weighted by atomic mass is 32.2. The molecule has 2 aromatic carbocycles. The summed E-state index contributed by atoms with van der Waals surface area (Å²) >= 11 is 2.06. The first kappa shape index (κ1) is 24.0. The second kappa shape index (κ2) is 12.4. The third-order valence-corrected chi connectivity index (χ3v) is 7.01. The normalized spacial score (nSPS) is 16.4. The molecule has 1 unspecified atom stereocenters. The minimum atomic E-state index is -3.85. The van der Waals surface area contributed by atoms with Crippen molar-refractivity contribution in [3.05, 3.63) is 42.0 Å². The van der Waals surface area contributed by atoms with Crippen molar-refractivity contribution in [2.24, 2.45) is 0 Å². The van der Waals surface area contributed by atoms with E-state index in [9.17, 15) is 12.9 Å². The zero-order chi connectivity index (χ0) is 21.1. The maximum atomic E-state index is 11.0. The first-order valence-corrected chi connectivity index (χ1v) is 13.0. The molecule has 1 heterocycles. The van der Waals surface area contributed by atoms with Gasteiger partial charge in [0, 0.05) is 11.1 Å². The third-order valence-electron chi connectivity index (χ3n) is 4.87. The van der Waals surface area contributed by atoms with Crippen LogP contribution in [0.4, 0.5) is 4.53 Å². The smallest absolute Gasteiger partial charge is 0.297 e. The summed E-state index contributed by atoms with van der Waals surface area (Å²) in [5.74, 6) is 4.10. The molecule has 0 aromatic heterocycles. The zero-order valence-electron chi connectivity index (χ0n) is 17.2. The standard InChI is InChI=1S/C18H22OS.C4H9FO3S/c1-2-3-11-19-18-16-7-5-4-6-14(16)8-9-17(18)15-10-12-20-13-15;1-2-3-4-9(6,7)8-5/h4-9,15H,2-3,10-13H2,1H3;2-4H2,1H3. The molecule has 1 aliphatic heterocycles. The lowest BCUT2D eigenvalue weighted by atomic mass is 9.94. The van der Waals surface area contributed by atoms with Crippen LogP contribution in [0, 0.1) is 0 Å². The van der Waals surface area contributed by atoms with Crippen LogP contribution in [0.25, 0.3) is 10.8 Å². The molecule has 0 amide bonds. The summed E-state index contributed by atoms with van der Waals surface area (Å²) in [7, 11) is -3.85. The van der Waals surface area contributed by atoms with E-state index >= 15 is 0 Å². The largest absolute Gasteiger partial charge is 0.493 e. The molecular formula is C22H31FO4S2. The summed E-state index contributed by atoms with van der Waals surface area (Å²) in [6.07, 6.45) is 4.74. The van der Waals surface area contributed by atoms with Gasteiger partial charge in [0.1, 0.15) is 5.75 Å². The highest BCUT2D eigenvalue weighted by molar-refractivity contribution is 7.99. The molecule has 1 atom stereocenters. The van der Waals surface area contributed by atoms with Gasteiger partial charge >= 0.3 is 0 Å². The highest BCUT2D eigenvalue weighted by Crippen LogP contribution is 2.40. The van der Waals surface area contributed by atoms with Gasteiger partial charge in [0.2, 0.25) is 0 Å². The van der Waals surface area contributed by atoms with Gasteiger partial charge < -0.3 is 4.74 Å². The van der Waals surface area contributed by atoms with E-state index in [1.54, 1.807) is 0 Å². The van der Waals surface area contributed by atoms with Crippen LogP contribution < -0.4 is 4.74 Å². The van der Waals surface area contributed by atoms with Crippen LogP contribution >= 0.6 is 11.8 Å². The van der Waals surface area contributed by atoms with Crippen LogP contribution in [0.15, 0.2) is 36.4 Å². The summed E-state index contributed by atoms with van der Waals surface area (Å²) < 4.78 is 40.2.